The molecule has 4 nitrogen and oxygen atoms in total. The second-order valence-corrected chi connectivity index (χ2v) is 5.96. The van der Waals surface area contributed by atoms with E-state index in [9.17, 15) is 0 Å². The quantitative estimate of drug-likeness (QED) is 0.827. The Morgan fingerprint density at radius 1 is 1.04 bits per heavy atom. The standard InChI is InChI=1S/C20H21N3O/c1-2-3-13-24-18-9-6-8-17(14-18)23-15-20-19-10-5-4-7-16(19)11-12-22(20)21-23/h4-12,14-15,21H,2-3,13H2,1H3. The van der Waals surface area contributed by atoms with E-state index in [2.05, 4.69) is 67.3 Å². The summed E-state index contributed by atoms with van der Waals surface area (Å²) in [6.07, 6.45) is 8.50. The number of rotatable bonds is 5. The Bertz CT molecular complexity index is 797. The van der Waals surface area contributed by atoms with Gasteiger partial charge in [-0.3, -0.25) is 10.0 Å². The van der Waals surface area contributed by atoms with Gasteiger partial charge in [0, 0.05) is 24.0 Å². The molecule has 0 atom stereocenters. The van der Waals surface area contributed by atoms with Crippen molar-refractivity contribution in [3.63, 3.8) is 0 Å². The van der Waals surface area contributed by atoms with Gasteiger partial charge in [0.1, 0.15) is 5.75 Å². The van der Waals surface area contributed by atoms with Gasteiger partial charge >= 0.3 is 0 Å². The van der Waals surface area contributed by atoms with Crippen LogP contribution in [0.15, 0.2) is 60.9 Å². The van der Waals surface area contributed by atoms with Crippen LogP contribution >= 0.6 is 0 Å². The van der Waals surface area contributed by atoms with Crippen LogP contribution < -0.4 is 15.3 Å². The second-order valence-electron chi connectivity index (χ2n) is 5.96. The Morgan fingerprint density at radius 3 is 2.88 bits per heavy atom. The van der Waals surface area contributed by atoms with E-state index in [0.29, 0.717) is 0 Å². The second kappa shape index (κ2) is 6.42. The number of fused-ring (bicyclic) bond motifs is 3. The molecule has 2 aliphatic heterocycles. The van der Waals surface area contributed by atoms with Crippen molar-refractivity contribution in [1.29, 1.82) is 0 Å². The number of nitrogens with zero attached hydrogens (tertiary/aromatic N) is 2. The Morgan fingerprint density at radius 2 is 1.96 bits per heavy atom. The third-order valence-corrected chi connectivity index (χ3v) is 4.23. The molecule has 0 aromatic heterocycles. The highest BCUT2D eigenvalue weighted by Crippen LogP contribution is 2.33. The molecule has 0 saturated heterocycles. The molecule has 0 fully saturated rings. The van der Waals surface area contributed by atoms with Crippen molar-refractivity contribution in [3.05, 3.63) is 72.1 Å². The van der Waals surface area contributed by atoms with Gasteiger partial charge in [0.05, 0.1) is 18.0 Å². The Kier molecular flexibility index (Phi) is 3.97. The predicted molar refractivity (Wildman–Crippen MR) is 97.8 cm³/mol. The molecule has 1 N–H and O–H groups in total. The monoisotopic (exact) mass is 319 g/mol. The van der Waals surface area contributed by atoms with E-state index in [1.165, 1.54) is 11.1 Å². The highest BCUT2D eigenvalue weighted by atomic mass is 16.5. The van der Waals surface area contributed by atoms with Gasteiger partial charge in [-0.15, -0.1) is 5.53 Å². The van der Waals surface area contributed by atoms with Crippen LogP contribution in [0, 0.1) is 0 Å². The van der Waals surface area contributed by atoms with Gasteiger partial charge in [-0.1, -0.05) is 43.7 Å². The molecule has 0 bridgehead atoms. The van der Waals surface area contributed by atoms with Gasteiger partial charge in [0.2, 0.25) is 0 Å². The fourth-order valence-electron chi connectivity index (χ4n) is 2.92. The smallest absolute Gasteiger partial charge is 0.121 e. The van der Waals surface area contributed by atoms with Gasteiger partial charge in [-0.2, -0.15) is 0 Å². The normalized spacial score (nSPS) is 15.1. The highest BCUT2D eigenvalue weighted by Gasteiger charge is 2.25. The zero-order valence-electron chi connectivity index (χ0n) is 13.8. The number of ether oxygens (including phenoxy) is 1. The number of hydrazine groups is 2. The maximum atomic E-state index is 5.82. The predicted octanol–water partition coefficient (Wildman–Crippen LogP) is 4.39. The van der Waals surface area contributed by atoms with Gasteiger partial charge in [0.15, 0.2) is 0 Å². The summed E-state index contributed by atoms with van der Waals surface area (Å²) in [6, 6.07) is 16.6. The lowest BCUT2D eigenvalue weighted by atomic mass is 10.0. The first-order valence-electron chi connectivity index (χ1n) is 8.42. The van der Waals surface area contributed by atoms with E-state index in [1.807, 2.05) is 22.2 Å². The lowest BCUT2D eigenvalue weighted by Crippen LogP contribution is -2.37. The maximum absolute atomic E-state index is 5.82. The summed E-state index contributed by atoms with van der Waals surface area (Å²) >= 11 is 0. The van der Waals surface area contributed by atoms with E-state index >= 15 is 0 Å². The van der Waals surface area contributed by atoms with Gasteiger partial charge in [-0.25, -0.2) is 0 Å². The zero-order chi connectivity index (χ0) is 16.4. The van der Waals surface area contributed by atoms with Crippen LogP contribution in [0.4, 0.5) is 5.69 Å². The Labute approximate surface area is 142 Å². The molecule has 4 heteroatoms. The average Bonchev–Trinajstić information content (AvgIpc) is 3.07. The molecule has 0 amide bonds. The lowest BCUT2D eigenvalue weighted by molar-refractivity contribution is 0.309. The van der Waals surface area contributed by atoms with E-state index in [0.717, 1.165) is 36.6 Å². The van der Waals surface area contributed by atoms with Crippen molar-refractivity contribution in [2.75, 3.05) is 11.6 Å². The zero-order valence-corrected chi connectivity index (χ0v) is 13.8. The molecule has 0 unspecified atom stereocenters. The summed E-state index contributed by atoms with van der Waals surface area (Å²) in [5.74, 6) is 0.905. The fourth-order valence-corrected chi connectivity index (χ4v) is 2.92. The molecule has 0 spiro atoms. The molecule has 4 rings (SSSR count). The number of hydrogen-bond acceptors (Lipinski definition) is 4. The summed E-state index contributed by atoms with van der Waals surface area (Å²) in [5, 5.41) is 4.06. The van der Waals surface area contributed by atoms with E-state index in [4.69, 9.17) is 4.74 Å². The SMILES string of the molecule is CCCCOc1cccc(N2C=C3c4ccccc4C=CN3N2)c1. The minimum absolute atomic E-state index is 0.761. The lowest BCUT2D eigenvalue weighted by Gasteiger charge is -2.24. The van der Waals surface area contributed by atoms with Gasteiger partial charge in [-0.05, 0) is 30.2 Å². The van der Waals surface area contributed by atoms with Crippen LogP contribution in [0.25, 0.3) is 11.8 Å². The molecule has 0 aliphatic carbocycles. The van der Waals surface area contributed by atoms with E-state index in [1.54, 1.807) is 0 Å². The van der Waals surface area contributed by atoms with Gasteiger partial charge in [0.25, 0.3) is 0 Å². The van der Waals surface area contributed by atoms with Crippen LogP contribution in [0.1, 0.15) is 30.9 Å². The molecule has 24 heavy (non-hydrogen) atoms. The van der Waals surface area contributed by atoms with Crippen molar-refractivity contribution < 1.29 is 4.74 Å². The van der Waals surface area contributed by atoms with Crippen LogP contribution in [-0.2, 0) is 0 Å². The first-order chi connectivity index (χ1) is 11.8. The number of nitrogens with one attached hydrogen (secondary N) is 1. The minimum Gasteiger partial charge on any atom is -0.494 e. The van der Waals surface area contributed by atoms with Crippen molar-refractivity contribution >= 4 is 17.5 Å². The molecule has 2 aliphatic rings. The van der Waals surface area contributed by atoms with Crippen molar-refractivity contribution in [2.24, 2.45) is 0 Å². The summed E-state index contributed by atoms with van der Waals surface area (Å²) in [7, 11) is 0. The molecule has 0 saturated carbocycles. The first-order valence-corrected chi connectivity index (χ1v) is 8.42. The maximum Gasteiger partial charge on any atom is 0.121 e. The van der Waals surface area contributed by atoms with E-state index < -0.39 is 0 Å². The fraction of sp³-hybridized carbons (Fsp3) is 0.200. The number of unbranched alkanes of at least 4 members (excludes halogenated alkanes) is 1. The molecule has 122 valence electrons. The molecule has 2 aromatic carbocycles. The van der Waals surface area contributed by atoms with Crippen LogP contribution in [-0.4, -0.2) is 11.6 Å². The Balaban J connectivity index is 1.58. The van der Waals surface area contributed by atoms with Crippen molar-refractivity contribution in [2.45, 2.75) is 19.8 Å². The molecule has 2 aromatic rings. The third-order valence-electron chi connectivity index (χ3n) is 4.23. The number of benzene rings is 2. The van der Waals surface area contributed by atoms with Crippen LogP contribution in [0.3, 0.4) is 0 Å². The Hall–Kier alpha value is -2.72. The molecule has 2 heterocycles. The third kappa shape index (κ3) is 2.76. The average molecular weight is 319 g/mol. The summed E-state index contributed by atoms with van der Waals surface area (Å²) in [6.45, 7) is 2.93. The van der Waals surface area contributed by atoms with E-state index in [-0.39, 0.29) is 0 Å². The largest absolute Gasteiger partial charge is 0.494 e. The molecular weight excluding hydrogens is 298 g/mol. The summed E-state index contributed by atoms with van der Waals surface area (Å²) in [5.41, 5.74) is 8.04. The molecular formula is C20H21N3O. The summed E-state index contributed by atoms with van der Waals surface area (Å²) < 4.78 is 5.82. The first kappa shape index (κ1) is 14.8. The van der Waals surface area contributed by atoms with Crippen LogP contribution in [0.5, 0.6) is 5.75 Å². The summed E-state index contributed by atoms with van der Waals surface area (Å²) in [4.78, 5) is 0. The topological polar surface area (TPSA) is 27.7 Å². The van der Waals surface area contributed by atoms with Gasteiger partial charge < -0.3 is 4.74 Å². The molecule has 0 radical (unpaired) electrons. The highest BCUT2D eigenvalue weighted by molar-refractivity contribution is 5.80. The van der Waals surface area contributed by atoms with Crippen LogP contribution in [0.2, 0.25) is 0 Å². The number of hydrogen-bond donors (Lipinski definition) is 1. The van der Waals surface area contributed by atoms with Crippen molar-refractivity contribution in [1.82, 2.24) is 10.5 Å². The minimum atomic E-state index is 0.761. The van der Waals surface area contributed by atoms with Crippen molar-refractivity contribution in [3.8, 4) is 5.75 Å². The number of anilines is 1.